The number of β-amino-alcohol motifs (C(OH)–C–C–N with tert-alkyl or cyclic N) is 1. The van der Waals surface area contributed by atoms with Crippen LogP contribution in [0, 0.1) is 0 Å². The van der Waals surface area contributed by atoms with Crippen molar-refractivity contribution >= 4 is 0 Å². The van der Waals surface area contributed by atoms with Gasteiger partial charge in [-0.25, -0.2) is 0 Å². The standard InChI is InChI=1S/C7H12F3NO2/c1-5(12)11-3-2-6(13,4-11)7(8,9)10/h5,12-13H,2-4H2,1H3. The first kappa shape index (κ1) is 10.7. The maximum Gasteiger partial charge on any atom is 0.418 e. The fraction of sp³-hybridized carbons (Fsp3) is 1.00. The van der Waals surface area contributed by atoms with E-state index in [-0.39, 0.29) is 13.0 Å². The van der Waals surface area contributed by atoms with Crippen LogP contribution in [0.4, 0.5) is 13.2 Å². The lowest BCUT2D eigenvalue weighted by atomic mass is 10.0. The minimum absolute atomic E-state index is 0.0632. The van der Waals surface area contributed by atoms with Crippen molar-refractivity contribution in [1.29, 1.82) is 0 Å². The molecule has 0 saturated carbocycles. The Morgan fingerprint density at radius 3 is 2.23 bits per heavy atom. The number of rotatable bonds is 1. The molecule has 0 amide bonds. The van der Waals surface area contributed by atoms with Gasteiger partial charge in [-0.2, -0.15) is 13.2 Å². The maximum absolute atomic E-state index is 12.2. The van der Waals surface area contributed by atoms with E-state index in [1.807, 2.05) is 0 Å². The van der Waals surface area contributed by atoms with Gasteiger partial charge in [-0.1, -0.05) is 0 Å². The van der Waals surface area contributed by atoms with Crippen LogP contribution in [0.1, 0.15) is 13.3 Å². The van der Waals surface area contributed by atoms with Gasteiger partial charge in [0.05, 0.1) is 0 Å². The molecule has 13 heavy (non-hydrogen) atoms. The van der Waals surface area contributed by atoms with Crippen molar-refractivity contribution in [2.75, 3.05) is 13.1 Å². The molecule has 0 bridgehead atoms. The zero-order chi connectivity index (χ0) is 10.3. The van der Waals surface area contributed by atoms with Crippen molar-refractivity contribution in [3.63, 3.8) is 0 Å². The minimum atomic E-state index is -4.61. The number of likely N-dealkylation sites (tertiary alicyclic amines) is 1. The van der Waals surface area contributed by atoms with Gasteiger partial charge in [0.15, 0.2) is 5.60 Å². The molecule has 3 nitrogen and oxygen atoms in total. The summed E-state index contributed by atoms with van der Waals surface area (Å²) in [5, 5.41) is 18.2. The second-order valence-electron chi connectivity index (χ2n) is 3.38. The number of hydrogen-bond donors (Lipinski definition) is 2. The van der Waals surface area contributed by atoms with E-state index in [4.69, 9.17) is 10.2 Å². The van der Waals surface area contributed by atoms with Gasteiger partial charge < -0.3 is 10.2 Å². The summed E-state index contributed by atoms with van der Waals surface area (Å²) in [4.78, 5) is 1.19. The van der Waals surface area contributed by atoms with Crippen LogP contribution < -0.4 is 0 Å². The number of nitrogens with zero attached hydrogens (tertiary/aromatic N) is 1. The summed E-state index contributed by atoms with van der Waals surface area (Å²) in [5.74, 6) is 0. The third-order valence-electron chi connectivity index (χ3n) is 2.33. The summed E-state index contributed by atoms with van der Waals surface area (Å²) in [7, 11) is 0. The van der Waals surface area contributed by atoms with E-state index in [9.17, 15) is 13.2 Å². The van der Waals surface area contributed by atoms with Crippen molar-refractivity contribution in [3.8, 4) is 0 Å². The summed E-state index contributed by atoms with van der Waals surface area (Å²) < 4.78 is 36.7. The van der Waals surface area contributed by atoms with E-state index >= 15 is 0 Å². The van der Waals surface area contributed by atoms with Crippen molar-refractivity contribution in [3.05, 3.63) is 0 Å². The number of aliphatic hydroxyl groups excluding tert-OH is 1. The predicted molar refractivity (Wildman–Crippen MR) is 38.9 cm³/mol. The van der Waals surface area contributed by atoms with Gasteiger partial charge in [-0.3, -0.25) is 4.90 Å². The molecular weight excluding hydrogens is 187 g/mol. The smallest absolute Gasteiger partial charge is 0.379 e. The average Bonchev–Trinajstić information content (AvgIpc) is 2.31. The van der Waals surface area contributed by atoms with Gasteiger partial charge in [0.2, 0.25) is 0 Å². The fourth-order valence-electron chi connectivity index (χ4n) is 1.37. The van der Waals surface area contributed by atoms with Crippen molar-refractivity contribution in [2.45, 2.75) is 31.3 Å². The van der Waals surface area contributed by atoms with Gasteiger partial charge in [-0.15, -0.1) is 0 Å². The molecule has 0 aliphatic carbocycles. The Morgan fingerprint density at radius 1 is 1.46 bits per heavy atom. The molecule has 1 rings (SSSR count). The van der Waals surface area contributed by atoms with Crippen molar-refractivity contribution in [1.82, 2.24) is 4.90 Å². The molecule has 6 heteroatoms. The largest absolute Gasteiger partial charge is 0.418 e. The molecule has 1 aliphatic rings. The highest BCUT2D eigenvalue weighted by molar-refractivity contribution is 4.95. The molecule has 1 aliphatic heterocycles. The molecular formula is C7H12F3NO2. The third kappa shape index (κ3) is 1.95. The van der Waals surface area contributed by atoms with Gasteiger partial charge >= 0.3 is 6.18 Å². The van der Waals surface area contributed by atoms with E-state index in [2.05, 4.69) is 0 Å². The Bertz CT molecular complexity index is 195. The van der Waals surface area contributed by atoms with Crippen LogP contribution in [0.2, 0.25) is 0 Å². The molecule has 78 valence electrons. The van der Waals surface area contributed by atoms with Gasteiger partial charge in [0, 0.05) is 13.1 Å². The molecule has 1 fully saturated rings. The molecule has 0 aromatic heterocycles. The fourth-order valence-corrected chi connectivity index (χ4v) is 1.37. The van der Waals surface area contributed by atoms with Gasteiger partial charge in [0.25, 0.3) is 0 Å². The quantitative estimate of drug-likeness (QED) is 0.639. The van der Waals surface area contributed by atoms with Gasteiger partial charge in [-0.05, 0) is 13.3 Å². The van der Waals surface area contributed by atoms with Gasteiger partial charge in [0.1, 0.15) is 6.23 Å². The molecule has 0 aromatic rings. The third-order valence-corrected chi connectivity index (χ3v) is 2.33. The zero-order valence-corrected chi connectivity index (χ0v) is 7.17. The molecule has 2 atom stereocenters. The summed E-state index contributed by atoms with van der Waals surface area (Å²) in [6.45, 7) is 0.893. The Kier molecular flexibility index (Phi) is 2.57. The zero-order valence-electron chi connectivity index (χ0n) is 7.17. The molecule has 1 heterocycles. The van der Waals surface area contributed by atoms with E-state index in [0.29, 0.717) is 0 Å². The average molecular weight is 199 g/mol. The maximum atomic E-state index is 12.2. The lowest BCUT2D eigenvalue weighted by Gasteiger charge is -2.26. The van der Waals surface area contributed by atoms with Crippen molar-refractivity contribution < 1.29 is 23.4 Å². The Labute approximate surface area is 73.8 Å². The minimum Gasteiger partial charge on any atom is -0.379 e. The monoisotopic (exact) mass is 199 g/mol. The van der Waals surface area contributed by atoms with E-state index in [1.165, 1.54) is 11.8 Å². The van der Waals surface area contributed by atoms with Crippen LogP contribution in [-0.4, -0.2) is 46.2 Å². The normalized spacial score (nSPS) is 33.7. The lowest BCUT2D eigenvalue weighted by molar-refractivity contribution is -0.255. The van der Waals surface area contributed by atoms with Crippen LogP contribution in [0.15, 0.2) is 0 Å². The first-order valence-corrected chi connectivity index (χ1v) is 3.97. The Balaban J connectivity index is 2.67. The predicted octanol–water partition coefficient (Wildman–Crippen LogP) is 0.324. The van der Waals surface area contributed by atoms with Crippen LogP contribution in [0.25, 0.3) is 0 Å². The highest BCUT2D eigenvalue weighted by Gasteiger charge is 2.57. The highest BCUT2D eigenvalue weighted by atomic mass is 19.4. The Morgan fingerprint density at radius 2 is 2.00 bits per heavy atom. The van der Waals surface area contributed by atoms with Crippen LogP contribution >= 0.6 is 0 Å². The molecule has 2 N–H and O–H groups in total. The van der Waals surface area contributed by atoms with E-state index < -0.39 is 24.6 Å². The SMILES string of the molecule is CC(O)N1CCC(O)(C(F)(F)F)C1. The summed E-state index contributed by atoms with van der Waals surface area (Å²) in [6.07, 6.45) is -5.94. The summed E-state index contributed by atoms with van der Waals surface area (Å²) >= 11 is 0. The van der Waals surface area contributed by atoms with Crippen molar-refractivity contribution in [2.24, 2.45) is 0 Å². The molecule has 1 saturated heterocycles. The Hall–Kier alpha value is -0.330. The number of halogens is 3. The van der Waals surface area contributed by atoms with E-state index in [0.717, 1.165) is 0 Å². The molecule has 0 aromatic carbocycles. The second kappa shape index (κ2) is 3.11. The number of aliphatic hydroxyl groups is 2. The van der Waals surface area contributed by atoms with Crippen LogP contribution in [-0.2, 0) is 0 Å². The number of hydrogen-bond acceptors (Lipinski definition) is 3. The lowest BCUT2D eigenvalue weighted by Crippen LogP contribution is -2.48. The topological polar surface area (TPSA) is 43.7 Å². The van der Waals surface area contributed by atoms with Crippen LogP contribution in [0.5, 0.6) is 0 Å². The second-order valence-corrected chi connectivity index (χ2v) is 3.38. The highest BCUT2D eigenvalue weighted by Crippen LogP contribution is 2.37. The van der Waals surface area contributed by atoms with Crippen LogP contribution in [0.3, 0.4) is 0 Å². The molecule has 0 spiro atoms. The molecule has 2 unspecified atom stereocenters. The number of alkyl halides is 3. The first-order valence-electron chi connectivity index (χ1n) is 3.97. The summed E-state index contributed by atoms with van der Waals surface area (Å²) in [6, 6.07) is 0. The summed E-state index contributed by atoms with van der Waals surface area (Å²) in [5.41, 5.74) is -2.65. The van der Waals surface area contributed by atoms with E-state index in [1.54, 1.807) is 0 Å². The molecule has 0 radical (unpaired) electrons. The first-order chi connectivity index (χ1) is 5.76.